The van der Waals surface area contributed by atoms with E-state index < -0.39 is 11.5 Å². The Bertz CT molecular complexity index is 224. The minimum absolute atomic E-state index is 0.252. The highest BCUT2D eigenvalue weighted by molar-refractivity contribution is 5.78. The van der Waals surface area contributed by atoms with Crippen LogP contribution >= 0.6 is 0 Å². The van der Waals surface area contributed by atoms with E-state index in [1.807, 2.05) is 0 Å². The normalized spacial score (nSPS) is 23.1. The van der Waals surface area contributed by atoms with Crippen LogP contribution in [0.3, 0.4) is 0 Å². The first-order valence-electron chi connectivity index (χ1n) is 6.08. The molecule has 1 unspecified atom stereocenters. The maximum atomic E-state index is 11.4. The Labute approximate surface area is 97.6 Å². The molecule has 0 amide bonds. The molecule has 0 aliphatic carbocycles. The first-order valence-corrected chi connectivity index (χ1v) is 6.08. The van der Waals surface area contributed by atoms with Crippen molar-refractivity contribution in [1.82, 2.24) is 4.90 Å². The molecule has 0 aromatic heterocycles. The summed E-state index contributed by atoms with van der Waals surface area (Å²) < 4.78 is 5.07. The number of methoxy groups -OCH3 is 1. The van der Waals surface area contributed by atoms with Crippen molar-refractivity contribution in [3.05, 3.63) is 0 Å². The Morgan fingerprint density at radius 1 is 1.25 bits per heavy atom. The van der Waals surface area contributed by atoms with Gasteiger partial charge in [0.25, 0.3) is 0 Å². The predicted molar refractivity (Wildman–Crippen MR) is 62.6 cm³/mol. The third-order valence-electron chi connectivity index (χ3n) is 3.44. The van der Waals surface area contributed by atoms with Crippen LogP contribution in [0.15, 0.2) is 0 Å². The standard InChI is InChI=1S/C12H23NO3/c1-12(10-16-2,11(14)15)13-8-6-4-3-5-7-9-13/h3-10H2,1-2H3,(H,14,15). The summed E-state index contributed by atoms with van der Waals surface area (Å²) in [6.07, 6.45) is 5.87. The van der Waals surface area contributed by atoms with Crippen LogP contribution < -0.4 is 0 Å². The van der Waals surface area contributed by atoms with Crippen LogP contribution in [0.1, 0.15) is 39.0 Å². The van der Waals surface area contributed by atoms with Crippen LogP contribution in [0.2, 0.25) is 0 Å². The number of carboxylic acid groups (broad SMARTS) is 1. The molecule has 0 radical (unpaired) electrons. The molecule has 1 saturated heterocycles. The molecule has 1 aliphatic rings. The number of hydrogen-bond donors (Lipinski definition) is 1. The van der Waals surface area contributed by atoms with Gasteiger partial charge < -0.3 is 9.84 Å². The minimum Gasteiger partial charge on any atom is -0.480 e. The van der Waals surface area contributed by atoms with Gasteiger partial charge in [0, 0.05) is 7.11 Å². The van der Waals surface area contributed by atoms with E-state index in [9.17, 15) is 9.90 Å². The average Bonchev–Trinajstić information content (AvgIpc) is 2.16. The lowest BCUT2D eigenvalue weighted by Gasteiger charge is -2.38. The largest absolute Gasteiger partial charge is 0.480 e. The monoisotopic (exact) mass is 229 g/mol. The molecule has 4 heteroatoms. The molecule has 1 N–H and O–H groups in total. The van der Waals surface area contributed by atoms with E-state index in [1.165, 1.54) is 19.3 Å². The number of rotatable bonds is 4. The second-order valence-corrected chi connectivity index (χ2v) is 4.77. The zero-order valence-corrected chi connectivity index (χ0v) is 10.4. The van der Waals surface area contributed by atoms with Gasteiger partial charge in [0.2, 0.25) is 0 Å². The predicted octanol–water partition coefficient (Wildman–Crippen LogP) is 1.74. The summed E-state index contributed by atoms with van der Waals surface area (Å²) in [4.78, 5) is 13.5. The maximum Gasteiger partial charge on any atom is 0.326 e. The Kier molecular flexibility index (Phi) is 5.22. The summed E-state index contributed by atoms with van der Waals surface area (Å²) in [7, 11) is 1.56. The van der Waals surface area contributed by atoms with Crippen LogP contribution in [0.5, 0.6) is 0 Å². The molecule has 1 rings (SSSR count). The topological polar surface area (TPSA) is 49.8 Å². The molecule has 4 nitrogen and oxygen atoms in total. The van der Waals surface area contributed by atoms with Gasteiger partial charge in [-0.15, -0.1) is 0 Å². The van der Waals surface area contributed by atoms with E-state index in [1.54, 1.807) is 14.0 Å². The van der Waals surface area contributed by atoms with Gasteiger partial charge >= 0.3 is 5.97 Å². The summed E-state index contributed by atoms with van der Waals surface area (Å²) >= 11 is 0. The zero-order valence-electron chi connectivity index (χ0n) is 10.4. The van der Waals surface area contributed by atoms with Gasteiger partial charge in [0.1, 0.15) is 5.54 Å². The van der Waals surface area contributed by atoms with Crippen molar-refractivity contribution in [2.45, 2.75) is 44.6 Å². The van der Waals surface area contributed by atoms with Crippen LogP contribution in [0.25, 0.3) is 0 Å². The Morgan fingerprint density at radius 3 is 2.19 bits per heavy atom. The molecule has 1 fully saturated rings. The summed E-state index contributed by atoms with van der Waals surface area (Å²) in [5.74, 6) is -0.782. The van der Waals surface area contributed by atoms with Gasteiger partial charge in [0.05, 0.1) is 6.61 Å². The molecule has 1 aliphatic heterocycles. The summed E-state index contributed by atoms with van der Waals surface area (Å²) in [6.45, 7) is 3.75. The second kappa shape index (κ2) is 6.21. The van der Waals surface area contributed by atoms with E-state index in [0.717, 1.165) is 25.9 Å². The number of ether oxygens (including phenoxy) is 1. The van der Waals surface area contributed by atoms with Crippen molar-refractivity contribution in [1.29, 1.82) is 0 Å². The molecule has 1 atom stereocenters. The van der Waals surface area contributed by atoms with Crippen LogP contribution in [-0.2, 0) is 9.53 Å². The fraction of sp³-hybridized carbons (Fsp3) is 0.917. The molecule has 0 aromatic rings. The SMILES string of the molecule is COCC(C)(C(=O)O)N1CCCCCCC1. The van der Waals surface area contributed by atoms with Crippen molar-refractivity contribution in [2.24, 2.45) is 0 Å². The lowest BCUT2D eigenvalue weighted by Crippen LogP contribution is -2.56. The molecule has 0 saturated carbocycles. The molecule has 16 heavy (non-hydrogen) atoms. The van der Waals surface area contributed by atoms with E-state index in [4.69, 9.17) is 4.74 Å². The van der Waals surface area contributed by atoms with Crippen LogP contribution in [-0.4, -0.2) is 48.3 Å². The van der Waals surface area contributed by atoms with Gasteiger partial charge in [-0.25, -0.2) is 0 Å². The number of likely N-dealkylation sites (tertiary alicyclic amines) is 1. The van der Waals surface area contributed by atoms with Gasteiger partial charge in [-0.2, -0.15) is 0 Å². The molecule has 0 spiro atoms. The Morgan fingerprint density at radius 2 is 1.75 bits per heavy atom. The van der Waals surface area contributed by atoms with Gasteiger partial charge in [0.15, 0.2) is 0 Å². The number of carbonyl (C=O) groups is 1. The zero-order chi connectivity index (χ0) is 12.0. The first kappa shape index (κ1) is 13.5. The number of hydrogen-bond acceptors (Lipinski definition) is 3. The highest BCUT2D eigenvalue weighted by Gasteiger charge is 2.39. The molecular formula is C12H23NO3. The fourth-order valence-corrected chi connectivity index (χ4v) is 2.31. The van der Waals surface area contributed by atoms with Crippen LogP contribution in [0.4, 0.5) is 0 Å². The highest BCUT2D eigenvalue weighted by atomic mass is 16.5. The summed E-state index contributed by atoms with van der Waals surface area (Å²) in [5.41, 5.74) is -0.869. The van der Waals surface area contributed by atoms with E-state index in [-0.39, 0.29) is 6.61 Å². The van der Waals surface area contributed by atoms with Crippen molar-refractivity contribution in [3.63, 3.8) is 0 Å². The van der Waals surface area contributed by atoms with Crippen molar-refractivity contribution >= 4 is 5.97 Å². The molecule has 1 heterocycles. The van der Waals surface area contributed by atoms with E-state index in [2.05, 4.69) is 4.90 Å². The molecule has 0 aromatic carbocycles. The lowest BCUT2D eigenvalue weighted by molar-refractivity contribution is -0.154. The van der Waals surface area contributed by atoms with E-state index >= 15 is 0 Å². The van der Waals surface area contributed by atoms with Gasteiger partial charge in [-0.3, -0.25) is 9.69 Å². The number of carboxylic acids is 1. The van der Waals surface area contributed by atoms with Gasteiger partial charge in [-0.05, 0) is 32.9 Å². The van der Waals surface area contributed by atoms with Crippen LogP contribution in [0, 0.1) is 0 Å². The maximum absolute atomic E-state index is 11.4. The average molecular weight is 229 g/mol. The first-order chi connectivity index (χ1) is 7.61. The fourth-order valence-electron chi connectivity index (χ4n) is 2.31. The Balaban J connectivity index is 2.70. The highest BCUT2D eigenvalue weighted by Crippen LogP contribution is 2.21. The lowest BCUT2D eigenvalue weighted by atomic mass is 9.98. The van der Waals surface area contributed by atoms with E-state index in [0.29, 0.717) is 0 Å². The summed E-state index contributed by atoms with van der Waals surface area (Å²) in [5, 5.41) is 9.36. The van der Waals surface area contributed by atoms with Crippen molar-refractivity contribution < 1.29 is 14.6 Å². The molecule has 0 bridgehead atoms. The molecule has 94 valence electrons. The third kappa shape index (κ3) is 3.19. The quantitative estimate of drug-likeness (QED) is 0.797. The summed E-state index contributed by atoms with van der Waals surface area (Å²) in [6, 6.07) is 0. The molecular weight excluding hydrogens is 206 g/mol. The van der Waals surface area contributed by atoms with Crippen molar-refractivity contribution in [3.8, 4) is 0 Å². The third-order valence-corrected chi connectivity index (χ3v) is 3.44. The minimum atomic E-state index is -0.869. The smallest absolute Gasteiger partial charge is 0.326 e. The Hall–Kier alpha value is -0.610. The number of aliphatic carboxylic acids is 1. The number of nitrogens with zero attached hydrogens (tertiary/aromatic N) is 1. The second-order valence-electron chi connectivity index (χ2n) is 4.77. The van der Waals surface area contributed by atoms with Crippen molar-refractivity contribution in [2.75, 3.05) is 26.8 Å². The van der Waals surface area contributed by atoms with Gasteiger partial charge in [-0.1, -0.05) is 19.3 Å².